The molecule has 0 aliphatic rings. The molecule has 0 aliphatic carbocycles. The van der Waals surface area contributed by atoms with Gasteiger partial charge in [0, 0.05) is 12.8 Å². The molecule has 1 unspecified atom stereocenters. The highest BCUT2D eigenvalue weighted by molar-refractivity contribution is 5.72. The Morgan fingerprint density at radius 2 is 0.575 bits per heavy atom. The highest BCUT2D eigenvalue weighted by Gasteiger charge is 2.19. The number of carbonyl (C=O) groups excluding carboxylic acids is 3. The van der Waals surface area contributed by atoms with E-state index >= 15 is 0 Å². The summed E-state index contributed by atoms with van der Waals surface area (Å²) in [6.07, 6.45) is 85.8. The monoisotopic (exact) mass is 1010 g/mol. The summed E-state index contributed by atoms with van der Waals surface area (Å²) in [7, 11) is 0. The Bertz CT molecular complexity index is 1630. The van der Waals surface area contributed by atoms with Gasteiger partial charge in [-0.15, -0.1) is 0 Å². The fourth-order valence-corrected chi connectivity index (χ4v) is 7.51. The zero-order chi connectivity index (χ0) is 52.9. The molecule has 0 aromatic rings. The van der Waals surface area contributed by atoms with Crippen molar-refractivity contribution in [2.24, 2.45) is 0 Å². The first-order valence-electron chi connectivity index (χ1n) is 29.3. The van der Waals surface area contributed by atoms with E-state index < -0.39 is 12.1 Å². The minimum absolute atomic E-state index is 0.0855. The summed E-state index contributed by atoms with van der Waals surface area (Å²) in [5.41, 5.74) is 0. The molecule has 0 aromatic heterocycles. The van der Waals surface area contributed by atoms with Gasteiger partial charge in [-0.05, 0) is 122 Å². The standard InChI is InChI=1S/C67H106O6/c1-4-7-10-13-16-19-22-25-28-29-30-31-32-33-34-35-36-37-40-42-45-48-51-54-57-60-66(69)72-63-64(73-67(70)61-58-55-52-49-46-43-39-27-24-21-18-15-12-9-6-3)62-71-65(68)59-56-53-50-47-44-41-38-26-23-20-17-14-11-8-5-2/h7,9-10,12,16,18-19,21,25-28,30-31,33-34,36-39,46,49,55,58,64H,4-6,8,11,13-15,17,20,22-24,29,32,35,40-45,47-48,50-54,56-57,59-63H2,1-3H3/b10-7-,12-9-,19-16-,21-18-,28-25-,31-30-,34-33-,37-36-,38-26-,39-27-,49-46-,58-55-. The molecule has 0 radical (unpaired) electrons. The van der Waals surface area contributed by atoms with Crippen LogP contribution in [0.5, 0.6) is 0 Å². The largest absolute Gasteiger partial charge is 0.462 e. The van der Waals surface area contributed by atoms with Gasteiger partial charge in [-0.2, -0.15) is 0 Å². The molecule has 0 heterocycles. The van der Waals surface area contributed by atoms with Gasteiger partial charge in [0.2, 0.25) is 0 Å². The number of esters is 3. The Balaban J connectivity index is 4.49. The van der Waals surface area contributed by atoms with Gasteiger partial charge in [0.25, 0.3) is 0 Å². The Morgan fingerprint density at radius 3 is 0.918 bits per heavy atom. The second kappa shape index (κ2) is 59.8. The third kappa shape index (κ3) is 58.1. The molecule has 0 rings (SSSR count). The molecular weight excluding hydrogens is 901 g/mol. The van der Waals surface area contributed by atoms with E-state index in [0.29, 0.717) is 19.3 Å². The van der Waals surface area contributed by atoms with E-state index in [1.807, 2.05) is 6.08 Å². The first-order valence-corrected chi connectivity index (χ1v) is 29.3. The van der Waals surface area contributed by atoms with Crippen molar-refractivity contribution in [2.75, 3.05) is 13.2 Å². The molecule has 0 aromatic carbocycles. The summed E-state index contributed by atoms with van der Waals surface area (Å²) in [6, 6.07) is 0. The van der Waals surface area contributed by atoms with Crippen molar-refractivity contribution in [1.29, 1.82) is 0 Å². The summed E-state index contributed by atoms with van der Waals surface area (Å²) in [4.78, 5) is 38.1. The van der Waals surface area contributed by atoms with Crippen LogP contribution < -0.4 is 0 Å². The number of rotatable bonds is 51. The summed E-state index contributed by atoms with van der Waals surface area (Å²) in [5.74, 6) is -1.09. The summed E-state index contributed by atoms with van der Waals surface area (Å²) in [5, 5.41) is 0. The number of hydrogen-bond donors (Lipinski definition) is 0. The molecule has 410 valence electrons. The number of allylic oxidation sites excluding steroid dienone is 23. The van der Waals surface area contributed by atoms with Crippen LogP contribution in [0.2, 0.25) is 0 Å². The lowest BCUT2D eigenvalue weighted by atomic mass is 10.1. The van der Waals surface area contributed by atoms with Gasteiger partial charge in [-0.25, -0.2) is 0 Å². The summed E-state index contributed by atoms with van der Waals surface area (Å²) in [6.45, 7) is 6.29. The highest BCUT2D eigenvalue weighted by atomic mass is 16.6. The average Bonchev–Trinajstić information content (AvgIpc) is 3.39. The average molecular weight is 1010 g/mol. The van der Waals surface area contributed by atoms with Crippen molar-refractivity contribution in [1.82, 2.24) is 0 Å². The van der Waals surface area contributed by atoms with Crippen LogP contribution in [0, 0.1) is 0 Å². The van der Waals surface area contributed by atoms with E-state index in [1.165, 1.54) is 64.2 Å². The van der Waals surface area contributed by atoms with E-state index in [4.69, 9.17) is 14.2 Å². The second-order valence-electron chi connectivity index (χ2n) is 18.8. The molecule has 6 nitrogen and oxygen atoms in total. The van der Waals surface area contributed by atoms with Crippen molar-refractivity contribution < 1.29 is 28.6 Å². The van der Waals surface area contributed by atoms with Crippen LogP contribution in [0.25, 0.3) is 0 Å². The van der Waals surface area contributed by atoms with E-state index in [-0.39, 0.29) is 31.6 Å². The first kappa shape index (κ1) is 68.3. The normalized spacial score (nSPS) is 13.2. The molecule has 73 heavy (non-hydrogen) atoms. The van der Waals surface area contributed by atoms with Gasteiger partial charge >= 0.3 is 17.9 Å². The number of unbranched alkanes of at least 4 members (excludes halogenated alkanes) is 17. The number of carbonyl (C=O) groups is 3. The van der Waals surface area contributed by atoms with E-state index in [2.05, 4.69) is 154 Å². The zero-order valence-corrected chi connectivity index (χ0v) is 46.8. The molecule has 0 spiro atoms. The van der Waals surface area contributed by atoms with Crippen LogP contribution in [0.15, 0.2) is 146 Å². The van der Waals surface area contributed by atoms with Gasteiger partial charge in [0.05, 0.1) is 6.42 Å². The predicted octanol–water partition coefficient (Wildman–Crippen LogP) is 20.0. The molecule has 1 atom stereocenters. The molecule has 6 heteroatoms. The molecule has 0 saturated carbocycles. The molecular formula is C67H106O6. The SMILES string of the molecule is CC/C=C\C/C=C\C/C=C\C/C=C\C/C=C\C/C=C\CCCCCCCCC(=O)OCC(COC(=O)CCCCCCC/C=C\CCCCCCCC)OC(=O)C/C=C\C/C=C\C/C=C\C/C=C\C/C=C\CC. The first-order chi connectivity index (χ1) is 36.0. The second-order valence-corrected chi connectivity index (χ2v) is 18.8. The topological polar surface area (TPSA) is 78.9 Å². The minimum Gasteiger partial charge on any atom is -0.462 e. The molecule has 0 saturated heterocycles. The fourth-order valence-electron chi connectivity index (χ4n) is 7.51. The quantitative estimate of drug-likeness (QED) is 0.0261. The van der Waals surface area contributed by atoms with Gasteiger partial charge in [-0.3, -0.25) is 14.4 Å². The van der Waals surface area contributed by atoms with Crippen molar-refractivity contribution in [3.63, 3.8) is 0 Å². The van der Waals surface area contributed by atoms with Crippen molar-refractivity contribution in [2.45, 2.75) is 245 Å². The van der Waals surface area contributed by atoms with Gasteiger partial charge < -0.3 is 14.2 Å². The Morgan fingerprint density at radius 1 is 0.301 bits per heavy atom. The maximum absolute atomic E-state index is 12.8. The van der Waals surface area contributed by atoms with Crippen molar-refractivity contribution in [3.05, 3.63) is 146 Å². The molecule has 0 aliphatic heterocycles. The predicted molar refractivity (Wildman–Crippen MR) is 315 cm³/mol. The molecule has 0 N–H and O–H groups in total. The van der Waals surface area contributed by atoms with Gasteiger partial charge in [0.1, 0.15) is 13.2 Å². The lowest BCUT2D eigenvalue weighted by molar-refractivity contribution is -0.166. The van der Waals surface area contributed by atoms with E-state index in [0.717, 1.165) is 128 Å². The van der Waals surface area contributed by atoms with Crippen molar-refractivity contribution >= 4 is 17.9 Å². The van der Waals surface area contributed by atoms with Gasteiger partial charge in [-0.1, -0.05) is 244 Å². The lowest BCUT2D eigenvalue weighted by Gasteiger charge is -2.18. The van der Waals surface area contributed by atoms with Crippen LogP contribution in [-0.4, -0.2) is 37.2 Å². The fraction of sp³-hybridized carbons (Fsp3) is 0.597. The maximum atomic E-state index is 12.8. The van der Waals surface area contributed by atoms with E-state index in [1.54, 1.807) is 6.08 Å². The third-order valence-electron chi connectivity index (χ3n) is 11.8. The van der Waals surface area contributed by atoms with Crippen LogP contribution in [-0.2, 0) is 28.6 Å². The third-order valence-corrected chi connectivity index (χ3v) is 11.8. The van der Waals surface area contributed by atoms with Crippen LogP contribution in [0.4, 0.5) is 0 Å². The highest BCUT2D eigenvalue weighted by Crippen LogP contribution is 2.13. The smallest absolute Gasteiger partial charge is 0.310 e. The summed E-state index contributed by atoms with van der Waals surface area (Å²) >= 11 is 0. The van der Waals surface area contributed by atoms with Crippen LogP contribution in [0.3, 0.4) is 0 Å². The summed E-state index contributed by atoms with van der Waals surface area (Å²) < 4.78 is 16.7. The maximum Gasteiger partial charge on any atom is 0.310 e. The van der Waals surface area contributed by atoms with Crippen molar-refractivity contribution in [3.8, 4) is 0 Å². The number of ether oxygens (including phenoxy) is 3. The van der Waals surface area contributed by atoms with Gasteiger partial charge in [0.15, 0.2) is 6.10 Å². The number of hydrogen-bond acceptors (Lipinski definition) is 6. The Kier molecular flexibility index (Phi) is 56.0. The Labute approximate surface area is 448 Å². The lowest BCUT2D eigenvalue weighted by Crippen LogP contribution is -2.30. The minimum atomic E-state index is -0.849. The molecule has 0 fully saturated rings. The van der Waals surface area contributed by atoms with Crippen LogP contribution >= 0.6 is 0 Å². The van der Waals surface area contributed by atoms with E-state index in [9.17, 15) is 14.4 Å². The van der Waals surface area contributed by atoms with Crippen LogP contribution in [0.1, 0.15) is 239 Å². The zero-order valence-electron chi connectivity index (χ0n) is 46.8. The molecule has 0 amide bonds. The molecule has 0 bridgehead atoms. The Hall–Kier alpha value is -4.71.